The molecule has 0 saturated carbocycles. The molecule has 0 heterocycles. The van der Waals surface area contributed by atoms with E-state index in [0.29, 0.717) is 29.3 Å². The first-order chi connectivity index (χ1) is 13.0. The maximum Gasteiger partial charge on any atom is 0.338 e. The number of hydrogen-bond donors (Lipinski definition) is 2. The zero-order valence-electron chi connectivity index (χ0n) is 15.4. The second-order valence-corrected chi connectivity index (χ2v) is 5.81. The van der Waals surface area contributed by atoms with Crippen molar-refractivity contribution in [2.75, 3.05) is 18.9 Å². The summed E-state index contributed by atoms with van der Waals surface area (Å²) in [4.78, 5) is 23.6. The summed E-state index contributed by atoms with van der Waals surface area (Å²) < 4.78 is 10.4. The summed E-state index contributed by atoms with van der Waals surface area (Å²) in [7, 11) is 0. The van der Waals surface area contributed by atoms with E-state index in [1.165, 1.54) is 0 Å². The monoisotopic (exact) mass is 369 g/mol. The molecular formula is C20H23N3O4. The van der Waals surface area contributed by atoms with Gasteiger partial charge in [-0.1, -0.05) is 19.1 Å². The van der Waals surface area contributed by atoms with Crippen LogP contribution in [0.5, 0.6) is 5.75 Å². The van der Waals surface area contributed by atoms with Crippen LogP contribution in [0.25, 0.3) is 0 Å². The summed E-state index contributed by atoms with van der Waals surface area (Å²) in [5.74, 6) is -0.314. The Labute approximate surface area is 158 Å². The Morgan fingerprint density at radius 1 is 1.11 bits per heavy atom. The van der Waals surface area contributed by atoms with Crippen LogP contribution in [0.4, 0.5) is 5.69 Å². The fourth-order valence-electron chi connectivity index (χ4n) is 2.12. The van der Waals surface area contributed by atoms with Crippen molar-refractivity contribution >= 4 is 23.3 Å². The topological polar surface area (TPSA) is 103 Å². The van der Waals surface area contributed by atoms with Crippen LogP contribution in [0.2, 0.25) is 0 Å². The van der Waals surface area contributed by atoms with Crippen molar-refractivity contribution in [1.82, 2.24) is 5.43 Å². The van der Waals surface area contributed by atoms with Crippen LogP contribution >= 0.6 is 0 Å². The lowest BCUT2D eigenvalue weighted by atomic mass is 10.1. The number of nitrogens with one attached hydrogen (secondary N) is 1. The van der Waals surface area contributed by atoms with E-state index in [-0.39, 0.29) is 12.6 Å². The van der Waals surface area contributed by atoms with Crippen molar-refractivity contribution in [3.05, 3.63) is 59.7 Å². The third kappa shape index (κ3) is 6.47. The van der Waals surface area contributed by atoms with Gasteiger partial charge in [0, 0.05) is 5.69 Å². The number of hydrogen-bond acceptors (Lipinski definition) is 6. The second kappa shape index (κ2) is 9.96. The van der Waals surface area contributed by atoms with E-state index in [4.69, 9.17) is 15.2 Å². The van der Waals surface area contributed by atoms with Crippen LogP contribution in [-0.4, -0.2) is 30.8 Å². The summed E-state index contributed by atoms with van der Waals surface area (Å²) >= 11 is 0. The Hall–Kier alpha value is -3.35. The van der Waals surface area contributed by atoms with Crippen LogP contribution in [0, 0.1) is 0 Å². The Kier molecular flexibility index (Phi) is 7.37. The highest BCUT2D eigenvalue weighted by Crippen LogP contribution is 2.13. The molecule has 0 fully saturated rings. The molecule has 2 rings (SSSR count). The van der Waals surface area contributed by atoms with Crippen molar-refractivity contribution in [3.63, 3.8) is 0 Å². The predicted molar refractivity (Wildman–Crippen MR) is 104 cm³/mol. The number of amides is 1. The Bertz CT molecular complexity index is 816. The molecule has 1 amide bonds. The summed E-state index contributed by atoms with van der Waals surface area (Å²) in [6.07, 6.45) is 0.766. The molecule has 3 N–H and O–H groups in total. The maximum atomic E-state index is 11.9. The van der Waals surface area contributed by atoms with Gasteiger partial charge in [0.05, 0.1) is 17.9 Å². The zero-order chi connectivity index (χ0) is 19.6. The molecule has 7 nitrogen and oxygen atoms in total. The smallest absolute Gasteiger partial charge is 0.338 e. The highest BCUT2D eigenvalue weighted by molar-refractivity contribution is 5.99. The minimum absolute atomic E-state index is 0.201. The summed E-state index contributed by atoms with van der Waals surface area (Å²) in [5.41, 5.74) is 10.7. The Balaban J connectivity index is 1.83. The molecule has 142 valence electrons. The number of esters is 1. The normalized spacial score (nSPS) is 11.0. The van der Waals surface area contributed by atoms with Crippen LogP contribution in [-0.2, 0) is 9.53 Å². The first kappa shape index (κ1) is 20.0. The van der Waals surface area contributed by atoms with Gasteiger partial charge in [0.25, 0.3) is 5.91 Å². The number of benzene rings is 2. The molecule has 27 heavy (non-hydrogen) atoms. The van der Waals surface area contributed by atoms with E-state index >= 15 is 0 Å². The maximum absolute atomic E-state index is 11.9. The molecule has 0 atom stereocenters. The Morgan fingerprint density at radius 3 is 2.52 bits per heavy atom. The lowest BCUT2D eigenvalue weighted by Crippen LogP contribution is -2.25. The molecule has 0 spiro atoms. The minimum atomic E-state index is -0.398. The van der Waals surface area contributed by atoms with Crippen LogP contribution in [0.3, 0.4) is 0 Å². The third-order valence-corrected chi connectivity index (χ3v) is 3.55. The molecule has 0 bridgehead atoms. The van der Waals surface area contributed by atoms with Gasteiger partial charge in [0.15, 0.2) is 6.61 Å². The van der Waals surface area contributed by atoms with Gasteiger partial charge < -0.3 is 15.2 Å². The zero-order valence-corrected chi connectivity index (χ0v) is 15.4. The highest BCUT2D eigenvalue weighted by atomic mass is 16.5. The van der Waals surface area contributed by atoms with Crippen LogP contribution < -0.4 is 15.9 Å². The second-order valence-electron chi connectivity index (χ2n) is 5.81. The number of carbonyl (C=O) groups is 2. The molecule has 7 heteroatoms. The standard InChI is InChI=1S/C20H23N3O4/c1-3-11-26-20(25)15-7-9-18(10-8-15)27-13-19(24)23-22-14(2)16-5-4-6-17(21)12-16/h4-10,12H,3,11,13,21H2,1-2H3,(H,23,24)/b22-14+. The van der Waals surface area contributed by atoms with Gasteiger partial charge in [-0.2, -0.15) is 5.10 Å². The van der Waals surface area contributed by atoms with E-state index < -0.39 is 5.91 Å². The predicted octanol–water partition coefficient (Wildman–Crippen LogP) is 2.75. The molecule has 2 aromatic rings. The van der Waals surface area contributed by atoms with Crippen molar-refractivity contribution in [2.24, 2.45) is 5.10 Å². The van der Waals surface area contributed by atoms with E-state index in [0.717, 1.165) is 12.0 Å². The molecule has 0 aliphatic rings. The van der Waals surface area contributed by atoms with Gasteiger partial charge in [-0.25, -0.2) is 10.2 Å². The molecule has 0 aliphatic heterocycles. The average molecular weight is 369 g/mol. The van der Waals surface area contributed by atoms with E-state index in [1.54, 1.807) is 43.3 Å². The van der Waals surface area contributed by atoms with E-state index in [9.17, 15) is 9.59 Å². The average Bonchev–Trinajstić information content (AvgIpc) is 2.69. The fourth-order valence-corrected chi connectivity index (χ4v) is 2.12. The molecule has 0 aliphatic carbocycles. The first-order valence-electron chi connectivity index (χ1n) is 8.58. The molecule has 0 unspecified atom stereocenters. The summed E-state index contributed by atoms with van der Waals surface area (Å²) in [6, 6.07) is 13.6. The lowest BCUT2D eigenvalue weighted by Gasteiger charge is -2.07. The van der Waals surface area contributed by atoms with Gasteiger partial charge in [-0.3, -0.25) is 4.79 Å². The SMILES string of the molecule is CCCOC(=O)c1ccc(OCC(=O)N/N=C(\C)c2cccc(N)c2)cc1. The summed E-state index contributed by atoms with van der Waals surface area (Å²) in [5, 5.41) is 4.03. The van der Waals surface area contributed by atoms with Gasteiger partial charge in [-0.05, 0) is 55.3 Å². The van der Waals surface area contributed by atoms with Crippen molar-refractivity contribution < 1.29 is 19.1 Å². The van der Waals surface area contributed by atoms with E-state index in [2.05, 4.69) is 10.5 Å². The number of nitrogens with zero attached hydrogens (tertiary/aromatic N) is 1. The largest absolute Gasteiger partial charge is 0.484 e. The number of nitrogens with two attached hydrogens (primary N) is 1. The van der Waals surface area contributed by atoms with Crippen molar-refractivity contribution in [2.45, 2.75) is 20.3 Å². The fraction of sp³-hybridized carbons (Fsp3) is 0.250. The van der Waals surface area contributed by atoms with Crippen LogP contribution in [0.15, 0.2) is 53.6 Å². The van der Waals surface area contributed by atoms with Gasteiger partial charge >= 0.3 is 5.97 Å². The minimum Gasteiger partial charge on any atom is -0.484 e. The van der Waals surface area contributed by atoms with E-state index in [1.807, 2.05) is 19.1 Å². The van der Waals surface area contributed by atoms with Crippen molar-refractivity contribution in [3.8, 4) is 5.75 Å². The van der Waals surface area contributed by atoms with Gasteiger partial charge in [0.1, 0.15) is 5.75 Å². The summed E-state index contributed by atoms with van der Waals surface area (Å²) in [6.45, 7) is 3.88. The number of ether oxygens (including phenoxy) is 2. The molecule has 2 aromatic carbocycles. The van der Waals surface area contributed by atoms with Crippen molar-refractivity contribution in [1.29, 1.82) is 0 Å². The highest BCUT2D eigenvalue weighted by Gasteiger charge is 2.08. The van der Waals surface area contributed by atoms with Gasteiger partial charge in [0.2, 0.25) is 0 Å². The lowest BCUT2D eigenvalue weighted by molar-refractivity contribution is -0.123. The number of nitrogen functional groups attached to an aromatic ring is 1. The number of carbonyl (C=O) groups excluding carboxylic acids is 2. The quantitative estimate of drug-likeness (QED) is 0.322. The molecule has 0 aromatic heterocycles. The molecular weight excluding hydrogens is 346 g/mol. The first-order valence-corrected chi connectivity index (χ1v) is 8.58. The molecule has 0 radical (unpaired) electrons. The Morgan fingerprint density at radius 2 is 1.85 bits per heavy atom. The molecule has 0 saturated heterocycles. The van der Waals surface area contributed by atoms with Gasteiger partial charge in [-0.15, -0.1) is 0 Å². The number of anilines is 1. The number of rotatable bonds is 8. The van der Waals surface area contributed by atoms with Crippen LogP contribution in [0.1, 0.15) is 36.2 Å². The third-order valence-electron chi connectivity index (χ3n) is 3.55. The number of hydrazone groups is 1.